The maximum Gasteiger partial charge on any atom is 0.194 e. The minimum atomic E-state index is -0.922. The number of anilines is 2. The number of benzene rings is 2. The molecule has 4 rings (SSSR count). The summed E-state index contributed by atoms with van der Waals surface area (Å²) in [6.07, 6.45) is 4.13. The molecule has 0 aliphatic carbocycles. The van der Waals surface area contributed by atoms with Crippen LogP contribution >= 0.6 is 0 Å². The van der Waals surface area contributed by atoms with E-state index in [0.29, 0.717) is 17.1 Å². The van der Waals surface area contributed by atoms with Crippen LogP contribution in [0.3, 0.4) is 0 Å². The third kappa shape index (κ3) is 6.63. The summed E-state index contributed by atoms with van der Waals surface area (Å²) in [6.45, 7) is 11.7. The average Bonchev–Trinajstić information content (AvgIpc) is 3.27. The topological polar surface area (TPSA) is 86.1 Å². The minimum Gasteiger partial charge on any atom is -0.495 e. The molecule has 4 N–H and O–H groups in total. The summed E-state index contributed by atoms with van der Waals surface area (Å²) in [7, 11) is 5.78. The zero-order chi connectivity index (χ0) is 30.4. The monoisotopic (exact) mass is 576 g/mol. The molecule has 2 aromatic carbocycles. The fourth-order valence-corrected chi connectivity index (χ4v) is 5.79. The lowest BCUT2D eigenvalue weighted by atomic mass is 9.89. The number of fused-ring (bicyclic) bond motifs is 1. The summed E-state index contributed by atoms with van der Waals surface area (Å²) in [5.74, 6) is 0.479. The molecule has 42 heavy (non-hydrogen) atoms. The van der Waals surface area contributed by atoms with Crippen molar-refractivity contribution in [1.29, 1.82) is 0 Å². The first kappa shape index (κ1) is 31.1. The van der Waals surface area contributed by atoms with E-state index in [2.05, 4.69) is 71.0 Å². The number of allylic oxidation sites excluding steroid dienone is 1. The normalized spacial score (nSPS) is 16.5. The Balaban J connectivity index is 1.70. The van der Waals surface area contributed by atoms with E-state index in [9.17, 15) is 5.11 Å². The summed E-state index contributed by atoms with van der Waals surface area (Å²) < 4.78 is 23.4. The van der Waals surface area contributed by atoms with Crippen molar-refractivity contribution in [2.75, 3.05) is 38.4 Å². The smallest absolute Gasteiger partial charge is 0.194 e. The van der Waals surface area contributed by atoms with Crippen LogP contribution in [-0.4, -0.2) is 61.1 Å². The van der Waals surface area contributed by atoms with Gasteiger partial charge in [-0.1, -0.05) is 38.1 Å². The van der Waals surface area contributed by atoms with Crippen LogP contribution in [0.15, 0.2) is 59.9 Å². The van der Waals surface area contributed by atoms with E-state index in [0.717, 1.165) is 65.8 Å². The van der Waals surface area contributed by atoms with E-state index in [4.69, 9.17) is 4.74 Å². The number of para-hydroxylation sites is 1. The molecule has 0 fully saturated rings. The highest BCUT2D eigenvalue weighted by atomic mass is 19.1. The van der Waals surface area contributed by atoms with Crippen LogP contribution in [0.25, 0.3) is 16.6 Å². The van der Waals surface area contributed by atoms with Crippen molar-refractivity contribution < 1.29 is 14.2 Å². The Morgan fingerprint density at radius 1 is 1.21 bits per heavy atom. The first-order valence-electron chi connectivity index (χ1n) is 14.7. The number of hydrogen-bond acceptors (Lipinski definition) is 7. The van der Waals surface area contributed by atoms with Gasteiger partial charge >= 0.3 is 0 Å². The Morgan fingerprint density at radius 2 is 1.98 bits per heavy atom. The van der Waals surface area contributed by atoms with Gasteiger partial charge in [-0.2, -0.15) is 0 Å². The second-order valence-electron chi connectivity index (χ2n) is 11.0. The summed E-state index contributed by atoms with van der Waals surface area (Å²) in [5.41, 5.74) is 5.77. The average molecular weight is 577 g/mol. The number of halogens is 1. The molecule has 0 saturated carbocycles. The third-order valence-corrected chi connectivity index (χ3v) is 7.85. The van der Waals surface area contributed by atoms with E-state index in [1.54, 1.807) is 7.11 Å². The lowest BCUT2D eigenvalue weighted by Gasteiger charge is -2.28. The number of aliphatic hydroxyl groups is 1. The quantitative estimate of drug-likeness (QED) is 0.131. The minimum absolute atomic E-state index is 0.258. The molecular weight excluding hydrogens is 531 g/mol. The number of hydrogen-bond donors (Lipinski definition) is 4. The van der Waals surface area contributed by atoms with Crippen LogP contribution in [-0.2, 0) is 6.54 Å². The molecule has 3 atom stereocenters. The Labute approximate surface area is 249 Å². The highest BCUT2D eigenvalue weighted by molar-refractivity contribution is 6.00. The molecule has 0 amide bonds. The molecule has 226 valence electrons. The Kier molecular flexibility index (Phi) is 10.3. The maximum absolute atomic E-state index is 15.4. The first-order valence-corrected chi connectivity index (χ1v) is 14.7. The van der Waals surface area contributed by atoms with Crippen LogP contribution in [0.4, 0.5) is 15.8 Å². The standard InChI is InChI=1S/C33H45FN6O2/c1-8-13-22(16-17-39(5)6)24-18-29(42-7)27(19-26(24)36-30(41)9-2)37-33-35-20-25(34)32(38-33)31-21(4)40(10-3)28-15-12-11-14-23(28)31/h9,11-12,14-15,18-20,22,30,33,36-38,41H,2,8,10,13,16-17H2,1,3-7H3. The number of aliphatic hydroxyl groups excluding tert-OH is 1. The molecule has 3 aromatic rings. The van der Waals surface area contributed by atoms with Crippen molar-refractivity contribution in [3.8, 4) is 5.75 Å². The SMILES string of the molecule is C=CC(O)Nc1cc(NC2N=CC(F)=C(c3c(C)n(CC)c4ccccc34)N2)c(OC)cc1C(CCC)CCN(C)C. The van der Waals surface area contributed by atoms with Gasteiger partial charge < -0.3 is 35.3 Å². The van der Waals surface area contributed by atoms with Gasteiger partial charge in [0.2, 0.25) is 0 Å². The van der Waals surface area contributed by atoms with Crippen LogP contribution in [0.1, 0.15) is 55.8 Å². The molecule has 0 spiro atoms. The maximum atomic E-state index is 15.4. The number of methoxy groups -OCH3 is 1. The van der Waals surface area contributed by atoms with Gasteiger partial charge in [-0.25, -0.2) is 9.38 Å². The lowest BCUT2D eigenvalue weighted by Crippen LogP contribution is -2.36. The number of nitrogens with zero attached hydrogens (tertiary/aromatic N) is 3. The van der Waals surface area contributed by atoms with E-state index in [-0.39, 0.29) is 5.92 Å². The van der Waals surface area contributed by atoms with Gasteiger partial charge in [0.25, 0.3) is 0 Å². The summed E-state index contributed by atoms with van der Waals surface area (Å²) in [4.78, 5) is 6.58. The van der Waals surface area contributed by atoms with Gasteiger partial charge in [-0.05, 0) is 83.1 Å². The number of aromatic nitrogens is 1. The second kappa shape index (κ2) is 13.9. The number of aliphatic imine (C=N–C) groups is 1. The molecular formula is C33H45FN6O2. The van der Waals surface area contributed by atoms with Gasteiger partial charge in [0.1, 0.15) is 12.0 Å². The van der Waals surface area contributed by atoms with Crippen molar-refractivity contribution in [1.82, 2.24) is 14.8 Å². The van der Waals surface area contributed by atoms with E-state index >= 15 is 4.39 Å². The Hall–Kier alpha value is -3.82. The summed E-state index contributed by atoms with van der Waals surface area (Å²) in [6, 6.07) is 12.0. The van der Waals surface area contributed by atoms with E-state index in [1.807, 2.05) is 37.3 Å². The fourth-order valence-electron chi connectivity index (χ4n) is 5.79. The van der Waals surface area contributed by atoms with Crippen molar-refractivity contribution in [3.63, 3.8) is 0 Å². The fraction of sp³-hybridized carbons (Fsp3) is 0.424. The predicted molar refractivity (Wildman–Crippen MR) is 173 cm³/mol. The zero-order valence-corrected chi connectivity index (χ0v) is 25.7. The van der Waals surface area contributed by atoms with Gasteiger partial charge in [0, 0.05) is 34.4 Å². The van der Waals surface area contributed by atoms with Crippen LogP contribution in [0, 0.1) is 6.92 Å². The van der Waals surface area contributed by atoms with Gasteiger partial charge in [0.15, 0.2) is 12.1 Å². The molecule has 1 aliphatic heterocycles. The molecule has 1 aliphatic rings. The highest BCUT2D eigenvalue weighted by Gasteiger charge is 2.26. The van der Waals surface area contributed by atoms with Crippen molar-refractivity contribution in [2.45, 2.75) is 65.0 Å². The largest absolute Gasteiger partial charge is 0.495 e. The third-order valence-electron chi connectivity index (χ3n) is 7.85. The van der Waals surface area contributed by atoms with Gasteiger partial charge in [-0.3, -0.25) is 0 Å². The van der Waals surface area contributed by atoms with Crippen LogP contribution in [0.2, 0.25) is 0 Å². The number of nitrogens with one attached hydrogen (secondary N) is 3. The van der Waals surface area contributed by atoms with Gasteiger partial charge in [0.05, 0.1) is 24.7 Å². The molecule has 0 radical (unpaired) electrons. The molecule has 8 nitrogen and oxygen atoms in total. The molecule has 0 bridgehead atoms. The van der Waals surface area contributed by atoms with Crippen molar-refractivity contribution in [3.05, 3.63) is 71.7 Å². The highest BCUT2D eigenvalue weighted by Crippen LogP contribution is 2.40. The van der Waals surface area contributed by atoms with E-state index < -0.39 is 18.3 Å². The van der Waals surface area contributed by atoms with E-state index in [1.165, 1.54) is 12.3 Å². The number of ether oxygens (including phenoxy) is 1. The first-order chi connectivity index (χ1) is 20.2. The van der Waals surface area contributed by atoms with Crippen LogP contribution in [0.5, 0.6) is 5.75 Å². The number of rotatable bonds is 14. The zero-order valence-electron chi connectivity index (χ0n) is 25.7. The Bertz CT molecular complexity index is 1460. The van der Waals surface area contributed by atoms with Crippen molar-refractivity contribution in [2.24, 2.45) is 4.99 Å². The molecule has 9 heteroatoms. The lowest BCUT2D eigenvalue weighted by molar-refractivity contribution is 0.252. The number of aryl methyl sites for hydroxylation is 1. The molecule has 2 heterocycles. The van der Waals surface area contributed by atoms with Crippen molar-refractivity contribution >= 4 is 34.2 Å². The summed E-state index contributed by atoms with van der Waals surface area (Å²) >= 11 is 0. The predicted octanol–water partition coefficient (Wildman–Crippen LogP) is 6.44. The molecule has 3 unspecified atom stereocenters. The van der Waals surface area contributed by atoms with Crippen LogP contribution < -0.4 is 20.7 Å². The second-order valence-corrected chi connectivity index (χ2v) is 11.0. The van der Waals surface area contributed by atoms with Gasteiger partial charge in [-0.15, -0.1) is 0 Å². The molecule has 0 saturated heterocycles. The summed E-state index contributed by atoms with van der Waals surface area (Å²) in [5, 5.41) is 21.3. The Morgan fingerprint density at radius 3 is 2.64 bits per heavy atom. The molecule has 1 aromatic heterocycles.